The summed E-state index contributed by atoms with van der Waals surface area (Å²) in [5, 5.41) is 14.8. The zero-order valence-corrected chi connectivity index (χ0v) is 26.2. The number of hydrogen-bond donors (Lipinski definition) is 2. The Kier molecular flexibility index (Phi) is 7.48. The first-order chi connectivity index (χ1) is 21.1. The lowest BCUT2D eigenvalue weighted by molar-refractivity contribution is -0.140. The Morgan fingerprint density at radius 3 is 2.52 bits per heavy atom. The number of nitrogens with zero attached hydrogens (tertiary/aromatic N) is 3. The van der Waals surface area contributed by atoms with Gasteiger partial charge >= 0.3 is 5.97 Å². The van der Waals surface area contributed by atoms with Crippen LogP contribution in [0, 0.1) is 11.8 Å². The number of ether oxygens (including phenoxy) is 1. The number of esters is 1. The molecule has 2 N–H and O–H groups in total. The zero-order chi connectivity index (χ0) is 31.4. The van der Waals surface area contributed by atoms with E-state index in [9.17, 15) is 14.7 Å². The largest absolute Gasteiger partial charge is 0.511 e. The number of carbonyl (C=O) groups is 2. The molecule has 2 atom stereocenters. The van der Waals surface area contributed by atoms with Crippen LogP contribution in [0.1, 0.15) is 66.7 Å². The van der Waals surface area contributed by atoms with Crippen LogP contribution < -0.4 is 5.32 Å². The number of fused-ring (bicyclic) bond motifs is 5. The van der Waals surface area contributed by atoms with E-state index < -0.39 is 0 Å². The van der Waals surface area contributed by atoms with E-state index in [0.29, 0.717) is 35.4 Å². The van der Waals surface area contributed by atoms with Gasteiger partial charge < -0.3 is 15.2 Å². The fourth-order valence-electron chi connectivity index (χ4n) is 7.06. The molecule has 5 aliphatic heterocycles. The Bertz CT molecular complexity index is 1790. The number of carbonyl (C=O) groups excluding carboxylic acids is 2. The second-order valence-electron chi connectivity index (χ2n) is 12.0. The van der Waals surface area contributed by atoms with Gasteiger partial charge in [-0.1, -0.05) is 19.9 Å². The lowest BCUT2D eigenvalue weighted by Gasteiger charge is -2.17. The normalized spacial score (nSPS) is 25.2. The van der Waals surface area contributed by atoms with Crippen LogP contribution in [0.3, 0.4) is 0 Å². The number of nitrogens with one attached hydrogen (secondary N) is 1. The molecule has 0 aromatic heterocycles. The van der Waals surface area contributed by atoms with Crippen molar-refractivity contribution in [3.8, 4) is 0 Å². The van der Waals surface area contributed by atoms with Crippen molar-refractivity contribution in [3.63, 3.8) is 0 Å². The average molecular weight is 591 g/mol. The molecule has 6 aliphatic rings. The number of allylic oxidation sites excluding steroid dienone is 13. The van der Waals surface area contributed by atoms with Crippen LogP contribution in [0.15, 0.2) is 119 Å². The Balaban J connectivity index is 1.62. The van der Waals surface area contributed by atoms with Crippen molar-refractivity contribution >= 4 is 28.9 Å². The van der Waals surface area contributed by atoms with Crippen LogP contribution in [0.4, 0.5) is 0 Å². The number of hydrogen-bond acceptors (Lipinski definition) is 8. The molecule has 0 aromatic carbocycles. The smallest absolute Gasteiger partial charge is 0.305 e. The molecule has 6 rings (SSSR count). The summed E-state index contributed by atoms with van der Waals surface area (Å²) in [4.78, 5) is 40.8. The third-order valence-corrected chi connectivity index (χ3v) is 9.55. The molecular weight excluding hydrogens is 552 g/mol. The van der Waals surface area contributed by atoms with Gasteiger partial charge in [0.1, 0.15) is 5.76 Å². The van der Waals surface area contributed by atoms with Crippen LogP contribution >= 0.6 is 0 Å². The molecule has 0 radical (unpaired) electrons. The Hall–Kier alpha value is -4.59. The number of methoxy groups -OCH3 is 1. The van der Waals surface area contributed by atoms with Gasteiger partial charge in [-0.15, -0.1) is 6.58 Å². The minimum Gasteiger partial charge on any atom is -0.511 e. The van der Waals surface area contributed by atoms with Crippen molar-refractivity contribution < 1.29 is 19.4 Å². The van der Waals surface area contributed by atoms with Crippen LogP contribution in [-0.2, 0) is 14.3 Å². The fourth-order valence-corrected chi connectivity index (χ4v) is 7.06. The second kappa shape index (κ2) is 11.2. The van der Waals surface area contributed by atoms with Crippen molar-refractivity contribution in [2.45, 2.75) is 66.7 Å². The molecular formula is C36H38N4O4. The van der Waals surface area contributed by atoms with E-state index in [1.54, 1.807) is 6.08 Å². The third kappa shape index (κ3) is 4.64. The Morgan fingerprint density at radius 2 is 1.82 bits per heavy atom. The molecule has 1 saturated carbocycles. The maximum Gasteiger partial charge on any atom is 0.305 e. The lowest BCUT2D eigenvalue weighted by Crippen LogP contribution is -2.15. The van der Waals surface area contributed by atoms with Crippen molar-refractivity contribution in [1.82, 2.24) is 5.32 Å². The molecule has 0 aromatic rings. The topological polar surface area (TPSA) is 113 Å². The fraction of sp³-hybridized carbons (Fsp3) is 0.361. The predicted molar refractivity (Wildman–Crippen MR) is 173 cm³/mol. The molecule has 8 bridgehead atoms. The van der Waals surface area contributed by atoms with E-state index in [-0.39, 0.29) is 42.2 Å². The number of ketones is 1. The van der Waals surface area contributed by atoms with Gasteiger partial charge in [-0.3, -0.25) is 9.59 Å². The molecule has 226 valence electrons. The van der Waals surface area contributed by atoms with Crippen LogP contribution in [0.2, 0.25) is 0 Å². The molecule has 1 aliphatic carbocycles. The predicted octanol–water partition coefficient (Wildman–Crippen LogP) is 6.76. The molecule has 0 unspecified atom stereocenters. The molecule has 0 spiro atoms. The quantitative estimate of drug-likeness (QED) is 0.202. The molecule has 8 nitrogen and oxygen atoms in total. The van der Waals surface area contributed by atoms with Gasteiger partial charge in [0.2, 0.25) is 0 Å². The van der Waals surface area contributed by atoms with Crippen LogP contribution in [0.5, 0.6) is 0 Å². The van der Waals surface area contributed by atoms with Crippen LogP contribution in [-0.4, -0.2) is 41.1 Å². The highest BCUT2D eigenvalue weighted by Crippen LogP contribution is 2.45. The molecule has 2 fully saturated rings. The zero-order valence-electron chi connectivity index (χ0n) is 26.2. The summed E-state index contributed by atoms with van der Waals surface area (Å²) in [7, 11) is 1.40. The van der Waals surface area contributed by atoms with Gasteiger partial charge in [0, 0.05) is 59.2 Å². The summed E-state index contributed by atoms with van der Waals surface area (Å²) in [6, 6.07) is 0. The highest BCUT2D eigenvalue weighted by molar-refractivity contribution is 6.38. The number of aliphatic hydroxyl groups is 1. The van der Waals surface area contributed by atoms with Crippen LogP contribution in [0.25, 0.3) is 0 Å². The van der Waals surface area contributed by atoms with E-state index in [1.807, 2.05) is 32.1 Å². The first kappa shape index (κ1) is 29.5. The number of aliphatic hydroxyl groups excluding tert-OH is 1. The Morgan fingerprint density at radius 1 is 1.09 bits per heavy atom. The summed E-state index contributed by atoms with van der Waals surface area (Å²) in [6.45, 7) is 14.0. The van der Waals surface area contributed by atoms with E-state index in [1.165, 1.54) is 7.11 Å². The molecule has 8 heteroatoms. The van der Waals surface area contributed by atoms with Gasteiger partial charge in [0.05, 0.1) is 41.3 Å². The average Bonchev–Trinajstić information content (AvgIpc) is 3.74. The van der Waals surface area contributed by atoms with Gasteiger partial charge in [-0.25, -0.2) is 15.0 Å². The first-order valence-electron chi connectivity index (χ1n) is 15.3. The first-order valence-corrected chi connectivity index (χ1v) is 15.3. The maximum absolute atomic E-state index is 13.5. The molecule has 1 saturated heterocycles. The number of Topliss-reactive ketones (excluding diaryl/α,β-unsaturated/α-hetero) is 1. The highest BCUT2D eigenvalue weighted by Gasteiger charge is 2.43. The summed E-state index contributed by atoms with van der Waals surface area (Å²) in [6.07, 6.45) is 9.82. The summed E-state index contributed by atoms with van der Waals surface area (Å²) < 4.78 is 4.97. The minimum absolute atomic E-state index is 0.00467. The van der Waals surface area contributed by atoms with E-state index in [2.05, 4.69) is 32.7 Å². The summed E-state index contributed by atoms with van der Waals surface area (Å²) in [5.41, 5.74) is 12.4. The second-order valence-corrected chi connectivity index (χ2v) is 12.0. The summed E-state index contributed by atoms with van der Waals surface area (Å²) in [5.74, 6) is -0.0550. The van der Waals surface area contributed by atoms with E-state index in [0.717, 1.165) is 68.5 Å². The molecule has 0 amide bonds. The van der Waals surface area contributed by atoms with E-state index in [4.69, 9.17) is 19.7 Å². The van der Waals surface area contributed by atoms with Crippen molar-refractivity contribution in [1.29, 1.82) is 0 Å². The van der Waals surface area contributed by atoms with E-state index >= 15 is 0 Å². The van der Waals surface area contributed by atoms with Gasteiger partial charge in [-0.05, 0) is 74.1 Å². The van der Waals surface area contributed by atoms with Crippen molar-refractivity contribution in [3.05, 3.63) is 104 Å². The number of aliphatic imine (C=N–C) groups is 3. The third-order valence-electron chi connectivity index (χ3n) is 9.55. The Labute approximate surface area is 258 Å². The van der Waals surface area contributed by atoms with Crippen molar-refractivity contribution in [2.24, 2.45) is 26.8 Å². The standard InChI is InChI=1S/C36H38N4O4/c1-8-10-30(41)33-19(5)26-14-25-18(4)22(11-12-32(43)44-7)35(39-25)23-13-31(42)34-20(6)27(40-36(23)34)15-28-21(9-2)17(3)24(37-28)16-29(33)38-26/h8,14-16,18,22,39,41H,1,9-13H2,2-7H3/b24-16?,25-14?,27-15?,33-30-,35-23?/t18-,22-/m0/s1. The molecule has 44 heavy (non-hydrogen) atoms. The minimum atomic E-state index is -0.269. The highest BCUT2D eigenvalue weighted by atomic mass is 16.5. The lowest BCUT2D eigenvalue weighted by atomic mass is 9.86. The number of rotatable bonds is 6. The van der Waals surface area contributed by atoms with Gasteiger partial charge in [0.15, 0.2) is 5.78 Å². The maximum atomic E-state index is 13.5. The molecule has 5 heterocycles. The van der Waals surface area contributed by atoms with Gasteiger partial charge in [-0.2, -0.15) is 0 Å². The SMILES string of the molecule is C=CC/C(O)=C1/C2=NC(=C1C)C=C1NC(=C3CC(=O)C4=C(C)C(=CC5=NC(=C2)C(C)=C5CC)N=C34)[C@@H](CCC(=O)OC)[C@@H]1C. The monoisotopic (exact) mass is 590 g/mol. The summed E-state index contributed by atoms with van der Waals surface area (Å²) >= 11 is 0. The van der Waals surface area contributed by atoms with Gasteiger partial charge in [0.25, 0.3) is 0 Å². The van der Waals surface area contributed by atoms with Crippen molar-refractivity contribution in [2.75, 3.05) is 7.11 Å².